The molecule has 0 spiro atoms. The lowest BCUT2D eigenvalue weighted by Gasteiger charge is -2.16. The van der Waals surface area contributed by atoms with E-state index in [1.165, 1.54) is 17.6 Å². The van der Waals surface area contributed by atoms with Gasteiger partial charge >= 0.3 is 0 Å². The lowest BCUT2D eigenvalue weighted by molar-refractivity contribution is -0.124. The third-order valence-electron chi connectivity index (χ3n) is 2.47. The molecule has 0 bridgehead atoms. The van der Waals surface area contributed by atoms with E-state index in [1.54, 1.807) is 6.92 Å². The zero-order chi connectivity index (χ0) is 13.7. The molecule has 0 aliphatic heterocycles. The molecule has 1 aromatic carbocycles. The molecule has 5 nitrogen and oxygen atoms in total. The van der Waals surface area contributed by atoms with Crippen molar-refractivity contribution in [3.63, 3.8) is 0 Å². The molecule has 0 aliphatic rings. The minimum atomic E-state index is -1.03. The van der Waals surface area contributed by atoms with Crippen molar-refractivity contribution in [1.29, 1.82) is 0 Å². The van der Waals surface area contributed by atoms with E-state index >= 15 is 0 Å². The van der Waals surface area contributed by atoms with Crippen molar-refractivity contribution >= 4 is 5.91 Å². The molecule has 0 heterocycles. The second kappa shape index (κ2) is 6.13. The van der Waals surface area contributed by atoms with E-state index in [2.05, 4.69) is 0 Å². The first-order valence-electron chi connectivity index (χ1n) is 5.24. The number of amides is 1. The second-order valence-electron chi connectivity index (χ2n) is 3.85. The molecular formula is C12H14FNO4. The summed E-state index contributed by atoms with van der Waals surface area (Å²) < 4.78 is 13.1. The van der Waals surface area contributed by atoms with Crippen molar-refractivity contribution in [2.45, 2.75) is 13.0 Å². The van der Waals surface area contributed by atoms with Crippen molar-refractivity contribution < 1.29 is 24.6 Å². The van der Waals surface area contributed by atoms with Crippen LogP contribution in [0.1, 0.15) is 18.6 Å². The number of phenolic OH excluding ortho intramolecular Hbond substituents is 1. The number of carbonyl (C=O) groups excluding carboxylic acids is 1. The fourth-order valence-corrected chi connectivity index (χ4v) is 1.39. The molecule has 0 saturated heterocycles. The number of aliphatic hydroxyl groups is 1. The highest BCUT2D eigenvalue weighted by molar-refractivity contribution is 5.86. The Kier molecular flexibility index (Phi) is 4.82. The first-order valence-corrected chi connectivity index (χ1v) is 5.24. The molecule has 0 aromatic heterocycles. The number of nitrogens with one attached hydrogen (secondary N) is 1. The van der Waals surface area contributed by atoms with Gasteiger partial charge in [0.05, 0.1) is 6.10 Å². The Labute approximate surface area is 103 Å². The number of halogens is 1. The van der Waals surface area contributed by atoms with Gasteiger partial charge in [-0.15, -0.1) is 0 Å². The highest BCUT2D eigenvalue weighted by Crippen LogP contribution is 2.26. The van der Waals surface area contributed by atoms with Crippen LogP contribution in [0.5, 0.6) is 5.75 Å². The maximum atomic E-state index is 13.1. The SMILES string of the molecule is C[C@H](/C=C/C(=O)NO)[C@H](O)c1ccc(O)c(F)c1. The van der Waals surface area contributed by atoms with Gasteiger partial charge in [0.15, 0.2) is 11.6 Å². The topological polar surface area (TPSA) is 89.8 Å². The summed E-state index contributed by atoms with van der Waals surface area (Å²) in [4.78, 5) is 10.8. The third-order valence-corrected chi connectivity index (χ3v) is 2.47. The standard InChI is InChI=1S/C12H14FNO4/c1-7(2-5-11(16)14-18)12(17)8-3-4-10(15)9(13)6-8/h2-7,12,15,17-18H,1H3,(H,14,16)/b5-2+/t7-,12+/m1/s1. The Morgan fingerprint density at radius 2 is 2.17 bits per heavy atom. The molecule has 0 radical (unpaired) electrons. The maximum absolute atomic E-state index is 13.1. The average Bonchev–Trinajstić information content (AvgIpc) is 2.37. The molecular weight excluding hydrogens is 241 g/mol. The molecule has 4 N–H and O–H groups in total. The molecule has 1 aromatic rings. The van der Waals surface area contributed by atoms with Gasteiger partial charge in [-0.2, -0.15) is 0 Å². The molecule has 0 saturated carbocycles. The minimum absolute atomic E-state index is 0.284. The smallest absolute Gasteiger partial charge is 0.267 e. The highest BCUT2D eigenvalue weighted by atomic mass is 19.1. The molecule has 1 rings (SSSR count). The van der Waals surface area contributed by atoms with E-state index in [4.69, 9.17) is 10.3 Å². The zero-order valence-electron chi connectivity index (χ0n) is 9.67. The van der Waals surface area contributed by atoms with E-state index in [1.807, 2.05) is 0 Å². The van der Waals surface area contributed by atoms with Gasteiger partial charge in [0, 0.05) is 12.0 Å². The van der Waals surface area contributed by atoms with Crippen LogP contribution in [0.2, 0.25) is 0 Å². The zero-order valence-corrected chi connectivity index (χ0v) is 9.67. The van der Waals surface area contributed by atoms with E-state index < -0.39 is 29.5 Å². The van der Waals surface area contributed by atoms with Crippen molar-refractivity contribution in [1.82, 2.24) is 5.48 Å². The molecule has 98 valence electrons. The minimum Gasteiger partial charge on any atom is -0.505 e. The Morgan fingerprint density at radius 1 is 1.50 bits per heavy atom. The van der Waals surface area contributed by atoms with Crippen LogP contribution < -0.4 is 5.48 Å². The van der Waals surface area contributed by atoms with Crippen LogP contribution in [0.4, 0.5) is 4.39 Å². The van der Waals surface area contributed by atoms with Crippen molar-refractivity contribution in [2.75, 3.05) is 0 Å². The van der Waals surface area contributed by atoms with Crippen LogP contribution in [-0.4, -0.2) is 21.3 Å². The van der Waals surface area contributed by atoms with Gasteiger partial charge in [0.1, 0.15) is 0 Å². The number of phenols is 1. The molecule has 0 unspecified atom stereocenters. The van der Waals surface area contributed by atoms with Gasteiger partial charge < -0.3 is 10.2 Å². The average molecular weight is 255 g/mol. The summed E-state index contributed by atoms with van der Waals surface area (Å²) in [5.74, 6) is -2.50. The fourth-order valence-electron chi connectivity index (χ4n) is 1.39. The summed E-state index contributed by atoms with van der Waals surface area (Å²) in [7, 11) is 0. The molecule has 0 fully saturated rings. The predicted molar refractivity (Wildman–Crippen MR) is 61.3 cm³/mol. The van der Waals surface area contributed by atoms with E-state index in [0.29, 0.717) is 0 Å². The van der Waals surface area contributed by atoms with E-state index in [9.17, 15) is 14.3 Å². The van der Waals surface area contributed by atoms with E-state index in [0.717, 1.165) is 18.2 Å². The fraction of sp³-hybridized carbons (Fsp3) is 0.250. The highest BCUT2D eigenvalue weighted by Gasteiger charge is 2.15. The van der Waals surface area contributed by atoms with Gasteiger partial charge in [-0.3, -0.25) is 10.0 Å². The quantitative estimate of drug-likeness (QED) is 0.370. The van der Waals surface area contributed by atoms with Gasteiger partial charge in [0.25, 0.3) is 5.91 Å². The number of hydroxylamine groups is 1. The molecule has 0 aliphatic carbocycles. The molecule has 18 heavy (non-hydrogen) atoms. The number of aromatic hydroxyl groups is 1. The molecule has 2 atom stereocenters. The number of carbonyl (C=O) groups is 1. The normalized spacial score (nSPS) is 14.4. The van der Waals surface area contributed by atoms with Crippen LogP contribution in [0.15, 0.2) is 30.4 Å². The summed E-state index contributed by atoms with van der Waals surface area (Å²) in [6, 6.07) is 3.56. The summed E-state index contributed by atoms with van der Waals surface area (Å²) in [6.45, 7) is 1.62. The first-order chi connectivity index (χ1) is 8.45. The first kappa shape index (κ1) is 14.1. The monoisotopic (exact) mass is 255 g/mol. The second-order valence-corrected chi connectivity index (χ2v) is 3.85. The van der Waals surface area contributed by atoms with Crippen LogP contribution in [0.3, 0.4) is 0 Å². The Balaban J connectivity index is 2.79. The maximum Gasteiger partial charge on any atom is 0.267 e. The number of hydrogen-bond acceptors (Lipinski definition) is 4. The van der Waals surface area contributed by atoms with Crippen LogP contribution >= 0.6 is 0 Å². The van der Waals surface area contributed by atoms with Crippen LogP contribution in [0.25, 0.3) is 0 Å². The van der Waals surface area contributed by atoms with Crippen molar-refractivity contribution in [3.8, 4) is 5.75 Å². The van der Waals surface area contributed by atoms with Crippen LogP contribution in [-0.2, 0) is 4.79 Å². The Hall–Kier alpha value is -1.92. The number of aliphatic hydroxyl groups excluding tert-OH is 1. The van der Waals surface area contributed by atoms with E-state index in [-0.39, 0.29) is 5.56 Å². The van der Waals surface area contributed by atoms with Crippen molar-refractivity contribution in [3.05, 3.63) is 41.7 Å². The predicted octanol–water partition coefficient (Wildman–Crippen LogP) is 1.26. The largest absolute Gasteiger partial charge is 0.505 e. The van der Waals surface area contributed by atoms with Gasteiger partial charge in [-0.05, 0) is 17.7 Å². The Morgan fingerprint density at radius 3 is 2.72 bits per heavy atom. The summed E-state index contributed by atoms with van der Waals surface area (Å²) in [5.41, 5.74) is 1.70. The summed E-state index contributed by atoms with van der Waals surface area (Å²) >= 11 is 0. The third kappa shape index (κ3) is 3.54. The van der Waals surface area contributed by atoms with Gasteiger partial charge in [-0.1, -0.05) is 19.1 Å². The summed E-state index contributed by atoms with van der Waals surface area (Å²) in [5, 5.41) is 27.2. The number of benzene rings is 1. The number of rotatable bonds is 4. The molecule has 6 heteroatoms. The lowest BCUT2D eigenvalue weighted by atomic mass is 9.97. The Bertz CT molecular complexity index is 461. The number of hydrogen-bond donors (Lipinski definition) is 4. The summed E-state index contributed by atoms with van der Waals surface area (Å²) in [6.07, 6.45) is 1.41. The lowest BCUT2D eigenvalue weighted by Crippen LogP contribution is -2.16. The molecule has 1 amide bonds. The van der Waals surface area contributed by atoms with Crippen LogP contribution in [0, 0.1) is 11.7 Å². The van der Waals surface area contributed by atoms with Gasteiger partial charge in [0.2, 0.25) is 0 Å². The van der Waals surface area contributed by atoms with Crippen molar-refractivity contribution in [2.24, 2.45) is 5.92 Å². The van der Waals surface area contributed by atoms with Gasteiger partial charge in [-0.25, -0.2) is 9.87 Å².